The fourth-order valence-corrected chi connectivity index (χ4v) is 5.83. The smallest absolute Gasteiger partial charge is 0.263 e. The molecule has 0 unspecified atom stereocenters. The molecule has 4 rings (SSSR count). The Hall–Kier alpha value is -2.78. The van der Waals surface area contributed by atoms with E-state index >= 15 is 0 Å². The van der Waals surface area contributed by atoms with Crippen LogP contribution in [0.3, 0.4) is 0 Å². The van der Waals surface area contributed by atoms with Crippen molar-refractivity contribution in [3.05, 3.63) is 57.2 Å². The van der Waals surface area contributed by atoms with E-state index in [2.05, 4.69) is 25.7 Å². The molecule has 1 aromatic carbocycles. The highest BCUT2D eigenvalue weighted by Gasteiger charge is 2.22. The van der Waals surface area contributed by atoms with Crippen molar-refractivity contribution in [2.45, 2.75) is 45.4 Å². The molecule has 3 aromatic rings. The van der Waals surface area contributed by atoms with Gasteiger partial charge in [0.25, 0.3) is 5.56 Å². The number of aromatic nitrogens is 2. The first-order chi connectivity index (χ1) is 16.3. The van der Waals surface area contributed by atoms with Crippen molar-refractivity contribution in [3.8, 4) is 11.5 Å². The van der Waals surface area contributed by atoms with E-state index in [-0.39, 0.29) is 29.2 Å². The number of hydrogen-bond acceptors (Lipinski definition) is 7. The number of hydrogen-bond donors (Lipinski definition) is 1. The second-order valence-corrected chi connectivity index (χ2v) is 10.7. The average Bonchev–Trinajstić information content (AvgIpc) is 3.11. The van der Waals surface area contributed by atoms with Gasteiger partial charge in [-0.3, -0.25) is 14.2 Å². The van der Waals surface area contributed by atoms with Gasteiger partial charge in [0.1, 0.15) is 18.0 Å². The Morgan fingerprint density at radius 3 is 2.74 bits per heavy atom. The van der Waals surface area contributed by atoms with Gasteiger partial charge < -0.3 is 14.8 Å². The minimum Gasteiger partial charge on any atom is -0.486 e. The fraction of sp³-hybridized carbons (Fsp3) is 0.400. The van der Waals surface area contributed by atoms with Gasteiger partial charge in [-0.05, 0) is 43.0 Å². The minimum absolute atomic E-state index is 0.0917. The van der Waals surface area contributed by atoms with Crippen LogP contribution in [0, 0.1) is 19.8 Å². The highest BCUT2D eigenvalue weighted by molar-refractivity contribution is 7.99. The second kappa shape index (κ2) is 10.2. The lowest BCUT2D eigenvalue weighted by atomic mass is 9.95. The van der Waals surface area contributed by atoms with Crippen LogP contribution in [0.2, 0.25) is 0 Å². The molecule has 3 heterocycles. The summed E-state index contributed by atoms with van der Waals surface area (Å²) in [6.07, 6.45) is 1.67. The summed E-state index contributed by atoms with van der Waals surface area (Å²) in [5.41, 5.74) is 1.83. The van der Waals surface area contributed by atoms with E-state index in [4.69, 9.17) is 14.5 Å². The zero-order valence-electron chi connectivity index (χ0n) is 19.8. The van der Waals surface area contributed by atoms with Crippen molar-refractivity contribution in [2.75, 3.05) is 19.0 Å². The number of allylic oxidation sites excluding steroid dienone is 1. The van der Waals surface area contributed by atoms with Crippen LogP contribution in [0.15, 0.2) is 40.8 Å². The van der Waals surface area contributed by atoms with Crippen LogP contribution in [0.5, 0.6) is 11.5 Å². The summed E-state index contributed by atoms with van der Waals surface area (Å²) >= 11 is 2.77. The van der Waals surface area contributed by atoms with Crippen molar-refractivity contribution in [2.24, 2.45) is 5.92 Å². The normalized spacial score (nSPS) is 13.8. The number of ether oxygens (including phenoxy) is 2. The van der Waals surface area contributed by atoms with Gasteiger partial charge in [0.05, 0.1) is 17.2 Å². The van der Waals surface area contributed by atoms with E-state index in [0.717, 1.165) is 21.8 Å². The molecule has 2 aromatic heterocycles. The summed E-state index contributed by atoms with van der Waals surface area (Å²) in [5, 5.41) is 4.31. The molecule has 7 nitrogen and oxygen atoms in total. The van der Waals surface area contributed by atoms with Crippen LogP contribution in [-0.2, 0) is 11.3 Å². The first-order valence-corrected chi connectivity index (χ1v) is 13.0. The number of nitrogens with zero attached hydrogens (tertiary/aromatic N) is 2. The molecule has 1 aliphatic heterocycles. The molecule has 0 aliphatic carbocycles. The van der Waals surface area contributed by atoms with Crippen molar-refractivity contribution in [1.82, 2.24) is 14.9 Å². The number of amides is 1. The minimum atomic E-state index is -0.183. The van der Waals surface area contributed by atoms with Gasteiger partial charge in [0.15, 0.2) is 16.7 Å². The van der Waals surface area contributed by atoms with E-state index in [9.17, 15) is 9.59 Å². The molecule has 1 aliphatic rings. The molecule has 34 heavy (non-hydrogen) atoms. The van der Waals surface area contributed by atoms with Crippen molar-refractivity contribution < 1.29 is 14.3 Å². The van der Waals surface area contributed by atoms with E-state index in [1.807, 2.05) is 32.0 Å². The Morgan fingerprint density at radius 2 is 2.03 bits per heavy atom. The molecule has 0 saturated carbocycles. The molecule has 0 spiro atoms. The van der Waals surface area contributed by atoms with Crippen molar-refractivity contribution in [1.29, 1.82) is 0 Å². The summed E-state index contributed by atoms with van der Waals surface area (Å²) < 4.78 is 12.9. The lowest BCUT2D eigenvalue weighted by Gasteiger charge is -2.25. The van der Waals surface area contributed by atoms with Crippen molar-refractivity contribution >= 4 is 39.2 Å². The summed E-state index contributed by atoms with van der Waals surface area (Å²) in [4.78, 5) is 32.6. The summed E-state index contributed by atoms with van der Waals surface area (Å²) in [6, 6.07) is 5.60. The van der Waals surface area contributed by atoms with Gasteiger partial charge in [-0.25, -0.2) is 4.98 Å². The van der Waals surface area contributed by atoms with Gasteiger partial charge in [-0.15, -0.1) is 17.9 Å². The molecule has 1 amide bonds. The largest absolute Gasteiger partial charge is 0.486 e. The highest BCUT2D eigenvalue weighted by atomic mass is 32.2. The number of benzene rings is 1. The third-order valence-corrected chi connectivity index (χ3v) is 7.88. The lowest BCUT2D eigenvalue weighted by Crippen LogP contribution is -2.33. The predicted molar refractivity (Wildman–Crippen MR) is 137 cm³/mol. The number of rotatable bonds is 8. The third kappa shape index (κ3) is 4.86. The molecule has 0 saturated heterocycles. The Labute approximate surface area is 207 Å². The number of nitrogens with one attached hydrogen (secondary N) is 1. The number of thiophene rings is 1. The number of carbonyl (C=O) groups is 1. The molecule has 0 bridgehead atoms. The maximum Gasteiger partial charge on any atom is 0.263 e. The maximum atomic E-state index is 13.1. The Bertz CT molecular complexity index is 1300. The molecule has 1 atom stereocenters. The average molecular weight is 500 g/mol. The number of fused-ring (bicyclic) bond motifs is 2. The fourth-order valence-electron chi connectivity index (χ4n) is 3.94. The van der Waals surface area contributed by atoms with Crippen LogP contribution in [0.4, 0.5) is 0 Å². The summed E-state index contributed by atoms with van der Waals surface area (Å²) in [5.74, 6) is 1.61. The Balaban J connectivity index is 1.53. The van der Waals surface area contributed by atoms with Gasteiger partial charge in [-0.1, -0.05) is 37.8 Å². The monoisotopic (exact) mass is 499 g/mol. The van der Waals surface area contributed by atoms with Crippen LogP contribution in [0.25, 0.3) is 10.2 Å². The van der Waals surface area contributed by atoms with Gasteiger partial charge in [0.2, 0.25) is 5.91 Å². The molecule has 180 valence electrons. The lowest BCUT2D eigenvalue weighted by molar-refractivity contribution is -0.119. The molecular formula is C25H29N3O4S2. The zero-order valence-corrected chi connectivity index (χ0v) is 21.5. The topological polar surface area (TPSA) is 82.5 Å². The summed E-state index contributed by atoms with van der Waals surface area (Å²) in [7, 11) is 0. The SMILES string of the molecule is C=CCn1c(SCC(=O)N[C@@H](c2ccc3c(c2)OCCO3)C(C)C)nc2sc(C)c(C)c2c1=O. The van der Waals surface area contributed by atoms with Gasteiger partial charge in [0, 0.05) is 11.4 Å². The van der Waals surface area contributed by atoms with Crippen LogP contribution in [-0.4, -0.2) is 34.4 Å². The van der Waals surface area contributed by atoms with Gasteiger partial charge >= 0.3 is 0 Å². The summed E-state index contributed by atoms with van der Waals surface area (Å²) in [6.45, 7) is 13.2. The number of aryl methyl sites for hydroxylation is 2. The standard InChI is InChI=1S/C25H29N3O4S2/c1-6-9-28-24(30)21-15(4)16(5)34-23(21)27-25(28)33-13-20(29)26-22(14(2)3)17-7-8-18-19(12-17)32-11-10-31-18/h6-8,12,14,22H,1,9-11,13H2,2-5H3,(H,26,29)/t22-/m1/s1. The van der Waals surface area contributed by atoms with Crippen molar-refractivity contribution in [3.63, 3.8) is 0 Å². The zero-order chi connectivity index (χ0) is 24.4. The molecule has 0 fully saturated rings. The third-order valence-electron chi connectivity index (χ3n) is 5.81. The van der Waals surface area contributed by atoms with E-state index in [0.29, 0.717) is 40.9 Å². The van der Waals surface area contributed by atoms with Gasteiger partial charge in [-0.2, -0.15) is 0 Å². The first kappa shape index (κ1) is 24.3. The Kier molecular flexibility index (Phi) is 7.33. The second-order valence-electron chi connectivity index (χ2n) is 8.54. The van der Waals surface area contributed by atoms with E-state index in [1.165, 1.54) is 23.1 Å². The van der Waals surface area contributed by atoms with Crippen LogP contribution in [0.1, 0.15) is 35.9 Å². The van der Waals surface area contributed by atoms with E-state index in [1.54, 1.807) is 10.6 Å². The number of thioether (sulfide) groups is 1. The van der Waals surface area contributed by atoms with Crippen LogP contribution >= 0.6 is 23.1 Å². The highest BCUT2D eigenvalue weighted by Crippen LogP contribution is 2.34. The quantitative estimate of drug-likeness (QED) is 0.276. The predicted octanol–water partition coefficient (Wildman–Crippen LogP) is 4.64. The Morgan fingerprint density at radius 1 is 1.29 bits per heavy atom. The number of carbonyl (C=O) groups excluding carboxylic acids is 1. The molecule has 9 heteroatoms. The van der Waals surface area contributed by atoms with E-state index < -0.39 is 0 Å². The molecule has 1 N–H and O–H groups in total. The van der Waals surface area contributed by atoms with Crippen LogP contribution < -0.4 is 20.3 Å². The molecule has 0 radical (unpaired) electrons. The first-order valence-electron chi connectivity index (χ1n) is 11.2. The maximum absolute atomic E-state index is 13.1. The molecular weight excluding hydrogens is 470 g/mol.